The monoisotopic (exact) mass is 447 g/mol. The third kappa shape index (κ3) is 5.18. The molecule has 0 atom stereocenters. The predicted octanol–water partition coefficient (Wildman–Crippen LogP) is 6.44. The Kier molecular flexibility index (Phi) is 6.32. The van der Waals surface area contributed by atoms with E-state index in [1.165, 1.54) is 12.1 Å². The molecule has 0 saturated heterocycles. The minimum absolute atomic E-state index is 0.0238. The zero-order chi connectivity index (χ0) is 21.2. The van der Waals surface area contributed by atoms with Crippen molar-refractivity contribution in [3.8, 4) is 5.75 Å². The number of hydrogen-bond donors (Lipinski definition) is 0. The summed E-state index contributed by atoms with van der Waals surface area (Å²) in [7, 11) is -4.06. The molecule has 0 fully saturated rings. The molecule has 4 nitrogen and oxygen atoms in total. The molecule has 3 aromatic carbocycles. The maximum atomic E-state index is 12.5. The summed E-state index contributed by atoms with van der Waals surface area (Å²) < 4.78 is 30.2. The number of hydrogen-bond acceptors (Lipinski definition) is 4. The van der Waals surface area contributed by atoms with E-state index in [2.05, 4.69) is 4.99 Å². The third-order valence-corrected chi connectivity index (χ3v) is 6.03. The summed E-state index contributed by atoms with van der Waals surface area (Å²) in [5.74, 6) is -0.113. The molecule has 0 aliphatic heterocycles. The summed E-state index contributed by atoms with van der Waals surface area (Å²) >= 11 is 12.5. The minimum Gasteiger partial charge on any atom is -0.376 e. The normalized spacial score (nSPS) is 11.8. The number of benzene rings is 3. The molecule has 3 rings (SSSR count). The van der Waals surface area contributed by atoms with E-state index >= 15 is 0 Å². The standard InChI is InChI=1S/C22H19Cl2NO3S/c1-14-4-7-18(8-5-14)29(26,27)28-22-19(23)11-17(12-20(22)24)13-25-21-9-6-15(2)10-16(21)3/h4-13H,1-3H3. The van der Waals surface area contributed by atoms with E-state index in [1.54, 1.807) is 30.5 Å². The maximum absolute atomic E-state index is 12.5. The Hall–Kier alpha value is -2.34. The Labute approximate surface area is 180 Å². The van der Waals surface area contributed by atoms with Gasteiger partial charge in [-0.3, -0.25) is 4.99 Å². The molecule has 0 heterocycles. The van der Waals surface area contributed by atoms with E-state index in [0.29, 0.717) is 5.56 Å². The van der Waals surface area contributed by atoms with E-state index < -0.39 is 10.1 Å². The molecule has 0 radical (unpaired) electrons. The molecule has 3 aromatic rings. The second kappa shape index (κ2) is 8.57. The van der Waals surface area contributed by atoms with Gasteiger partial charge >= 0.3 is 10.1 Å². The quantitative estimate of drug-likeness (QED) is 0.334. The lowest BCUT2D eigenvalue weighted by Gasteiger charge is -2.11. The van der Waals surface area contributed by atoms with Crippen LogP contribution in [0.5, 0.6) is 5.75 Å². The predicted molar refractivity (Wildman–Crippen MR) is 119 cm³/mol. The Balaban J connectivity index is 1.87. The van der Waals surface area contributed by atoms with Gasteiger partial charge in [-0.2, -0.15) is 8.42 Å². The largest absolute Gasteiger partial charge is 0.376 e. The fourth-order valence-electron chi connectivity index (χ4n) is 2.69. The van der Waals surface area contributed by atoms with Crippen LogP contribution in [0.4, 0.5) is 5.69 Å². The number of rotatable bonds is 5. The van der Waals surface area contributed by atoms with Crippen molar-refractivity contribution in [2.24, 2.45) is 4.99 Å². The number of nitrogens with zero attached hydrogens (tertiary/aromatic N) is 1. The Morgan fingerprint density at radius 2 is 1.45 bits per heavy atom. The van der Waals surface area contributed by atoms with Crippen LogP contribution in [0.15, 0.2) is 64.5 Å². The highest BCUT2D eigenvalue weighted by Crippen LogP contribution is 2.36. The van der Waals surface area contributed by atoms with Crippen LogP contribution in [0, 0.1) is 20.8 Å². The van der Waals surface area contributed by atoms with Crippen molar-refractivity contribution in [2.75, 3.05) is 0 Å². The lowest BCUT2D eigenvalue weighted by molar-refractivity contribution is 0.486. The molecule has 0 aliphatic rings. The van der Waals surface area contributed by atoms with Gasteiger partial charge in [0.2, 0.25) is 0 Å². The van der Waals surface area contributed by atoms with Crippen LogP contribution >= 0.6 is 23.2 Å². The van der Waals surface area contributed by atoms with Gasteiger partial charge in [0.1, 0.15) is 4.90 Å². The second-order valence-electron chi connectivity index (χ2n) is 6.71. The van der Waals surface area contributed by atoms with Crippen LogP contribution in [0.1, 0.15) is 22.3 Å². The highest BCUT2D eigenvalue weighted by atomic mass is 35.5. The molecule has 0 spiro atoms. The van der Waals surface area contributed by atoms with Crippen LogP contribution < -0.4 is 4.18 Å². The first-order valence-corrected chi connectivity index (χ1v) is 10.9. The van der Waals surface area contributed by atoms with E-state index in [9.17, 15) is 8.42 Å². The van der Waals surface area contributed by atoms with Gasteiger partial charge in [-0.05, 0) is 62.2 Å². The van der Waals surface area contributed by atoms with E-state index in [1.807, 2.05) is 39.0 Å². The van der Waals surface area contributed by atoms with Gasteiger partial charge in [-0.25, -0.2) is 0 Å². The van der Waals surface area contributed by atoms with Crippen molar-refractivity contribution in [3.05, 3.63) is 86.9 Å². The minimum atomic E-state index is -4.06. The molecule has 0 aliphatic carbocycles. The van der Waals surface area contributed by atoms with Crippen LogP contribution in [0.3, 0.4) is 0 Å². The van der Waals surface area contributed by atoms with E-state index in [0.717, 1.165) is 22.4 Å². The summed E-state index contributed by atoms with van der Waals surface area (Å²) in [6.45, 7) is 5.86. The fraction of sp³-hybridized carbons (Fsp3) is 0.136. The molecule has 0 N–H and O–H groups in total. The first kappa shape index (κ1) is 21.4. The van der Waals surface area contributed by atoms with Crippen LogP contribution in [-0.2, 0) is 10.1 Å². The molecule has 0 saturated carbocycles. The first-order chi connectivity index (χ1) is 13.7. The molecular formula is C22H19Cl2NO3S. The summed E-state index contributed by atoms with van der Waals surface area (Å²) in [4.78, 5) is 4.48. The van der Waals surface area contributed by atoms with Gasteiger partial charge in [0.15, 0.2) is 5.75 Å². The highest BCUT2D eigenvalue weighted by Gasteiger charge is 2.20. The van der Waals surface area contributed by atoms with Crippen LogP contribution in [0.25, 0.3) is 0 Å². The smallest absolute Gasteiger partial charge is 0.339 e. The van der Waals surface area contributed by atoms with E-state index in [-0.39, 0.29) is 20.7 Å². The van der Waals surface area contributed by atoms with Gasteiger partial charge in [-0.1, -0.05) is 58.6 Å². The number of halogens is 2. The molecule has 0 bridgehead atoms. The number of aliphatic imine (C=N–C) groups is 1. The Morgan fingerprint density at radius 3 is 2.03 bits per heavy atom. The molecule has 7 heteroatoms. The van der Waals surface area contributed by atoms with Crippen molar-refractivity contribution in [1.29, 1.82) is 0 Å². The summed E-state index contributed by atoms with van der Waals surface area (Å²) in [5, 5.41) is 0.158. The molecule has 150 valence electrons. The van der Waals surface area contributed by atoms with Crippen molar-refractivity contribution in [3.63, 3.8) is 0 Å². The SMILES string of the molecule is Cc1ccc(S(=O)(=O)Oc2c(Cl)cc(C=Nc3ccc(C)cc3C)cc2Cl)cc1. The Morgan fingerprint density at radius 1 is 0.862 bits per heavy atom. The Bertz CT molecular complexity index is 1160. The van der Waals surface area contributed by atoms with Crippen molar-refractivity contribution < 1.29 is 12.6 Å². The molecular weight excluding hydrogens is 429 g/mol. The zero-order valence-electron chi connectivity index (χ0n) is 16.1. The van der Waals surface area contributed by atoms with Crippen molar-refractivity contribution >= 4 is 45.2 Å². The van der Waals surface area contributed by atoms with Gasteiger partial charge in [0, 0.05) is 6.21 Å². The average Bonchev–Trinajstić information content (AvgIpc) is 2.64. The van der Waals surface area contributed by atoms with Gasteiger partial charge in [0.05, 0.1) is 15.7 Å². The molecule has 0 amide bonds. The summed E-state index contributed by atoms with van der Waals surface area (Å²) in [6.07, 6.45) is 1.62. The van der Waals surface area contributed by atoms with Crippen molar-refractivity contribution in [1.82, 2.24) is 0 Å². The van der Waals surface area contributed by atoms with E-state index in [4.69, 9.17) is 27.4 Å². The topological polar surface area (TPSA) is 55.7 Å². The van der Waals surface area contributed by atoms with Gasteiger partial charge in [0.25, 0.3) is 0 Å². The fourth-order valence-corrected chi connectivity index (χ4v) is 4.33. The third-order valence-electron chi connectivity index (χ3n) is 4.23. The highest BCUT2D eigenvalue weighted by molar-refractivity contribution is 7.87. The van der Waals surface area contributed by atoms with Crippen molar-refractivity contribution in [2.45, 2.75) is 25.7 Å². The molecule has 0 unspecified atom stereocenters. The van der Waals surface area contributed by atoms with Crippen LogP contribution in [0.2, 0.25) is 10.0 Å². The zero-order valence-corrected chi connectivity index (χ0v) is 18.4. The molecule has 29 heavy (non-hydrogen) atoms. The summed E-state index contributed by atoms with van der Waals surface area (Å²) in [5.41, 5.74) is 4.59. The maximum Gasteiger partial charge on any atom is 0.339 e. The lowest BCUT2D eigenvalue weighted by Crippen LogP contribution is -2.10. The van der Waals surface area contributed by atoms with Gasteiger partial charge in [-0.15, -0.1) is 0 Å². The first-order valence-electron chi connectivity index (χ1n) is 8.77. The second-order valence-corrected chi connectivity index (χ2v) is 9.07. The van der Waals surface area contributed by atoms with Crippen LogP contribution in [-0.4, -0.2) is 14.6 Å². The lowest BCUT2D eigenvalue weighted by atomic mass is 10.1. The number of aryl methyl sites for hydroxylation is 3. The summed E-state index contributed by atoms with van der Waals surface area (Å²) in [6, 6.07) is 15.4. The van der Waals surface area contributed by atoms with Gasteiger partial charge < -0.3 is 4.18 Å². The average molecular weight is 448 g/mol. The molecule has 0 aromatic heterocycles.